The first-order valence-corrected chi connectivity index (χ1v) is 6.40. The lowest BCUT2D eigenvalue weighted by atomic mass is 10.2. The highest BCUT2D eigenvalue weighted by molar-refractivity contribution is 6.13. The van der Waals surface area contributed by atoms with Crippen LogP contribution in [0.3, 0.4) is 0 Å². The van der Waals surface area contributed by atoms with Gasteiger partial charge in [0, 0.05) is 17.6 Å². The Morgan fingerprint density at radius 3 is 2.64 bits per heavy atom. The van der Waals surface area contributed by atoms with E-state index in [4.69, 9.17) is 5.11 Å². The van der Waals surface area contributed by atoms with Crippen molar-refractivity contribution in [2.24, 2.45) is 0 Å². The number of benzene rings is 1. The molecule has 3 amide bonds. The molecule has 1 saturated heterocycles. The fraction of sp³-hybridized carbons (Fsp3) is 0. The molecule has 1 fully saturated rings. The molecule has 2 heterocycles. The average molecular weight is 297 g/mol. The minimum atomic E-state index is -1.02. The maximum atomic E-state index is 11.6. The molecule has 1 aliphatic heterocycles. The number of aromatic carboxylic acids is 1. The topological polar surface area (TPSA) is 100 Å². The van der Waals surface area contributed by atoms with Crippen LogP contribution in [-0.4, -0.2) is 27.6 Å². The van der Waals surface area contributed by atoms with E-state index in [0.29, 0.717) is 11.4 Å². The predicted molar refractivity (Wildman–Crippen MR) is 77.4 cm³/mol. The smallest absolute Gasteiger partial charge is 0.335 e. The number of rotatable bonds is 3. The Kier molecular flexibility index (Phi) is 3.23. The largest absolute Gasteiger partial charge is 0.478 e. The first-order chi connectivity index (χ1) is 10.5. The second-order valence-corrected chi connectivity index (χ2v) is 4.62. The zero-order valence-electron chi connectivity index (χ0n) is 11.2. The van der Waals surface area contributed by atoms with Crippen molar-refractivity contribution in [3.8, 4) is 5.69 Å². The van der Waals surface area contributed by atoms with E-state index in [-0.39, 0.29) is 11.3 Å². The number of carbonyl (C=O) groups excluding carboxylic acids is 2. The first kappa shape index (κ1) is 13.6. The zero-order valence-corrected chi connectivity index (χ0v) is 11.2. The molecule has 0 unspecified atom stereocenters. The van der Waals surface area contributed by atoms with Gasteiger partial charge in [-0.25, -0.2) is 9.59 Å². The molecule has 1 aromatic carbocycles. The molecule has 0 bridgehead atoms. The van der Waals surface area contributed by atoms with E-state index in [2.05, 4.69) is 10.6 Å². The summed E-state index contributed by atoms with van der Waals surface area (Å²) < 4.78 is 1.72. The van der Waals surface area contributed by atoms with Crippen LogP contribution in [0.15, 0.2) is 48.3 Å². The second-order valence-electron chi connectivity index (χ2n) is 4.62. The number of aromatic nitrogens is 1. The summed E-state index contributed by atoms with van der Waals surface area (Å²) >= 11 is 0. The Morgan fingerprint density at radius 1 is 1.14 bits per heavy atom. The molecule has 7 nitrogen and oxygen atoms in total. The molecule has 1 aromatic heterocycles. The summed E-state index contributed by atoms with van der Waals surface area (Å²) in [4.78, 5) is 33.7. The minimum absolute atomic E-state index is 0.138. The van der Waals surface area contributed by atoms with Crippen LogP contribution >= 0.6 is 0 Å². The maximum Gasteiger partial charge on any atom is 0.335 e. The van der Waals surface area contributed by atoms with E-state index < -0.39 is 17.9 Å². The van der Waals surface area contributed by atoms with Gasteiger partial charge < -0.3 is 15.0 Å². The molecule has 0 spiro atoms. The Bertz CT molecular complexity index is 820. The van der Waals surface area contributed by atoms with Crippen LogP contribution in [0.4, 0.5) is 4.79 Å². The normalized spacial score (nSPS) is 15.7. The number of hydrogen-bond donors (Lipinski definition) is 3. The van der Waals surface area contributed by atoms with Crippen LogP contribution in [0, 0.1) is 0 Å². The highest BCUT2D eigenvalue weighted by Gasteiger charge is 2.23. The molecule has 0 radical (unpaired) electrons. The van der Waals surface area contributed by atoms with E-state index >= 15 is 0 Å². The van der Waals surface area contributed by atoms with Gasteiger partial charge in [-0.2, -0.15) is 0 Å². The third-order valence-corrected chi connectivity index (χ3v) is 3.16. The number of urea groups is 1. The Balaban J connectivity index is 2.01. The molecule has 7 heteroatoms. The fourth-order valence-corrected chi connectivity index (χ4v) is 2.17. The van der Waals surface area contributed by atoms with E-state index in [1.807, 2.05) is 0 Å². The third kappa shape index (κ3) is 2.47. The van der Waals surface area contributed by atoms with Gasteiger partial charge >= 0.3 is 12.0 Å². The minimum Gasteiger partial charge on any atom is -0.478 e. The van der Waals surface area contributed by atoms with Crippen molar-refractivity contribution in [1.29, 1.82) is 0 Å². The summed E-state index contributed by atoms with van der Waals surface area (Å²) in [5.41, 5.74) is 1.58. The van der Waals surface area contributed by atoms with Crippen LogP contribution in [0.2, 0.25) is 0 Å². The number of carbonyl (C=O) groups is 3. The van der Waals surface area contributed by atoms with Crippen molar-refractivity contribution in [3.05, 3.63) is 59.5 Å². The van der Waals surface area contributed by atoms with Crippen LogP contribution in [0.1, 0.15) is 16.1 Å². The quantitative estimate of drug-likeness (QED) is 0.588. The van der Waals surface area contributed by atoms with Gasteiger partial charge in [-0.05, 0) is 36.4 Å². The summed E-state index contributed by atoms with van der Waals surface area (Å²) in [6.45, 7) is 0. The Hall–Kier alpha value is -3.35. The SMILES string of the molecule is O=C1NC(=O)/C(=C\c2cccn2-c2cccc(C(=O)O)c2)N1. The van der Waals surface area contributed by atoms with E-state index in [1.165, 1.54) is 18.2 Å². The fourth-order valence-electron chi connectivity index (χ4n) is 2.17. The summed E-state index contributed by atoms with van der Waals surface area (Å²) in [6, 6.07) is 9.35. The number of nitrogens with one attached hydrogen (secondary N) is 2. The second kappa shape index (κ2) is 5.21. The van der Waals surface area contributed by atoms with Crippen LogP contribution < -0.4 is 10.6 Å². The summed E-state index contributed by atoms with van der Waals surface area (Å²) in [5.74, 6) is -1.52. The Labute approximate surface area is 124 Å². The molecule has 3 rings (SSSR count). The van der Waals surface area contributed by atoms with Gasteiger partial charge in [-0.15, -0.1) is 0 Å². The van der Waals surface area contributed by atoms with E-state index in [9.17, 15) is 14.4 Å². The van der Waals surface area contributed by atoms with Crippen LogP contribution in [0.25, 0.3) is 11.8 Å². The van der Waals surface area contributed by atoms with Gasteiger partial charge in [-0.3, -0.25) is 10.1 Å². The maximum absolute atomic E-state index is 11.6. The highest BCUT2D eigenvalue weighted by atomic mass is 16.4. The average Bonchev–Trinajstić information content (AvgIpc) is 3.06. The van der Waals surface area contributed by atoms with E-state index in [1.54, 1.807) is 35.0 Å². The molecule has 110 valence electrons. The standard InChI is InChI=1S/C15H11N3O4/c19-13-12(16-15(22)17-13)8-11-5-2-6-18(11)10-4-1-3-9(7-10)14(20)21/h1-8H,(H,20,21)(H2,16,17,19,22)/b12-8+. The van der Waals surface area contributed by atoms with Gasteiger partial charge in [0.15, 0.2) is 0 Å². The van der Waals surface area contributed by atoms with Crippen molar-refractivity contribution in [2.75, 3.05) is 0 Å². The molecular weight excluding hydrogens is 286 g/mol. The van der Waals surface area contributed by atoms with Gasteiger partial charge in [0.25, 0.3) is 5.91 Å². The summed E-state index contributed by atoms with van der Waals surface area (Å²) in [7, 11) is 0. The molecule has 3 N–H and O–H groups in total. The highest BCUT2D eigenvalue weighted by Crippen LogP contribution is 2.17. The van der Waals surface area contributed by atoms with Gasteiger partial charge in [0.1, 0.15) is 5.70 Å². The van der Waals surface area contributed by atoms with Gasteiger partial charge in [-0.1, -0.05) is 6.07 Å². The van der Waals surface area contributed by atoms with Crippen molar-refractivity contribution in [2.45, 2.75) is 0 Å². The lowest BCUT2D eigenvalue weighted by Gasteiger charge is -2.08. The number of amides is 3. The Morgan fingerprint density at radius 2 is 1.95 bits per heavy atom. The van der Waals surface area contributed by atoms with Crippen LogP contribution in [0.5, 0.6) is 0 Å². The van der Waals surface area contributed by atoms with Gasteiger partial charge in [0.2, 0.25) is 0 Å². The first-order valence-electron chi connectivity index (χ1n) is 6.40. The number of imide groups is 1. The number of carboxylic acid groups (broad SMARTS) is 1. The number of nitrogens with zero attached hydrogens (tertiary/aromatic N) is 1. The summed E-state index contributed by atoms with van der Waals surface area (Å²) in [6.07, 6.45) is 3.26. The molecular formula is C15H11N3O4. The predicted octanol–water partition coefficient (Wildman–Crippen LogP) is 1.36. The van der Waals surface area contributed by atoms with Crippen molar-refractivity contribution in [1.82, 2.24) is 15.2 Å². The van der Waals surface area contributed by atoms with Gasteiger partial charge in [0.05, 0.1) is 5.56 Å². The monoisotopic (exact) mass is 297 g/mol. The third-order valence-electron chi connectivity index (χ3n) is 3.16. The van der Waals surface area contributed by atoms with Crippen molar-refractivity contribution in [3.63, 3.8) is 0 Å². The lowest BCUT2D eigenvalue weighted by Crippen LogP contribution is -2.22. The molecule has 0 aliphatic carbocycles. The number of hydrogen-bond acceptors (Lipinski definition) is 3. The zero-order chi connectivity index (χ0) is 15.7. The lowest BCUT2D eigenvalue weighted by molar-refractivity contribution is -0.115. The van der Waals surface area contributed by atoms with Crippen LogP contribution in [-0.2, 0) is 4.79 Å². The molecule has 0 atom stereocenters. The molecule has 2 aromatic rings. The molecule has 0 saturated carbocycles. The molecule has 22 heavy (non-hydrogen) atoms. The number of carboxylic acids is 1. The van der Waals surface area contributed by atoms with Crippen molar-refractivity contribution >= 4 is 24.0 Å². The summed E-state index contributed by atoms with van der Waals surface area (Å²) in [5, 5.41) is 13.6. The molecule has 1 aliphatic rings. The van der Waals surface area contributed by atoms with E-state index in [0.717, 1.165) is 0 Å². The van der Waals surface area contributed by atoms with Crippen molar-refractivity contribution < 1.29 is 19.5 Å².